The van der Waals surface area contributed by atoms with Gasteiger partial charge in [-0.15, -0.1) is 0 Å². The van der Waals surface area contributed by atoms with E-state index in [-0.39, 0.29) is 18.6 Å². The van der Waals surface area contributed by atoms with Crippen LogP contribution in [0.2, 0.25) is 0 Å². The monoisotopic (exact) mass is 595 g/mol. The molecular formula is C30H34BrN3O5. The molecule has 0 bridgehead atoms. The molecule has 1 aliphatic rings. The molecule has 3 aromatic carbocycles. The van der Waals surface area contributed by atoms with Gasteiger partial charge in [0.05, 0.1) is 13.7 Å². The van der Waals surface area contributed by atoms with Crippen LogP contribution in [0.5, 0.6) is 11.5 Å². The molecule has 9 heteroatoms. The number of rotatable bonds is 12. The Morgan fingerprint density at radius 1 is 1.10 bits per heavy atom. The molecule has 0 saturated carbocycles. The first-order chi connectivity index (χ1) is 18.8. The summed E-state index contributed by atoms with van der Waals surface area (Å²) < 4.78 is 18.6. The van der Waals surface area contributed by atoms with Gasteiger partial charge in [0.15, 0.2) is 11.6 Å². The average Bonchev–Trinajstić information content (AvgIpc) is 3.34. The maximum Gasteiger partial charge on any atom is 0.266 e. The van der Waals surface area contributed by atoms with E-state index in [9.17, 15) is 4.79 Å². The van der Waals surface area contributed by atoms with Crippen LogP contribution in [-0.2, 0) is 16.0 Å². The summed E-state index contributed by atoms with van der Waals surface area (Å²) in [7, 11) is 1.61. The zero-order valence-electron chi connectivity index (χ0n) is 22.3. The number of aliphatic hydroxyl groups excluding tert-OH is 1. The van der Waals surface area contributed by atoms with Crippen molar-refractivity contribution in [3.05, 3.63) is 94.0 Å². The quantitative estimate of drug-likeness (QED) is 0.206. The van der Waals surface area contributed by atoms with E-state index in [0.29, 0.717) is 36.8 Å². The molecule has 39 heavy (non-hydrogen) atoms. The van der Waals surface area contributed by atoms with E-state index in [1.54, 1.807) is 7.11 Å². The number of benzene rings is 3. The fourth-order valence-corrected chi connectivity index (χ4v) is 4.58. The molecule has 1 amide bonds. The molecule has 0 aromatic heterocycles. The second kappa shape index (κ2) is 13.1. The topological polar surface area (TPSA) is 101 Å². The van der Waals surface area contributed by atoms with Crippen LogP contribution >= 0.6 is 15.9 Å². The molecule has 0 spiro atoms. The molecule has 0 unspecified atom stereocenters. The highest BCUT2D eigenvalue weighted by atomic mass is 79.9. The van der Waals surface area contributed by atoms with Gasteiger partial charge in [0.1, 0.15) is 11.5 Å². The van der Waals surface area contributed by atoms with Gasteiger partial charge in [-0.2, -0.15) is 0 Å². The fourth-order valence-electron chi connectivity index (χ4n) is 4.32. The van der Waals surface area contributed by atoms with Crippen LogP contribution < -0.4 is 20.3 Å². The highest BCUT2D eigenvalue weighted by molar-refractivity contribution is 9.10. The number of amides is 1. The normalized spacial score (nSPS) is 18.4. The molecule has 206 valence electrons. The van der Waals surface area contributed by atoms with Crippen molar-refractivity contribution in [2.45, 2.75) is 44.4 Å². The van der Waals surface area contributed by atoms with Gasteiger partial charge in [-0.3, -0.25) is 10.2 Å². The first-order valence-electron chi connectivity index (χ1n) is 12.9. The number of hydrazine groups is 1. The first-order valence-corrected chi connectivity index (χ1v) is 13.7. The number of nitrogens with one attached hydrogen (secondary N) is 2. The van der Waals surface area contributed by atoms with E-state index in [4.69, 9.17) is 24.3 Å². The highest BCUT2D eigenvalue weighted by Crippen LogP contribution is 2.43. The Bertz CT molecular complexity index is 1280. The van der Waals surface area contributed by atoms with Crippen molar-refractivity contribution >= 4 is 27.7 Å². The zero-order valence-corrected chi connectivity index (χ0v) is 23.9. The molecule has 1 aliphatic heterocycles. The van der Waals surface area contributed by atoms with Crippen LogP contribution in [0.15, 0.2) is 82.3 Å². The maximum absolute atomic E-state index is 14.0. The van der Waals surface area contributed by atoms with Crippen molar-refractivity contribution in [3.63, 3.8) is 0 Å². The molecule has 3 N–H and O–H groups in total. The Kier molecular flexibility index (Phi) is 9.61. The van der Waals surface area contributed by atoms with E-state index >= 15 is 0 Å². The largest absolute Gasteiger partial charge is 0.497 e. The minimum absolute atomic E-state index is 0.0260. The third kappa shape index (κ3) is 6.98. The van der Waals surface area contributed by atoms with Crippen LogP contribution in [0.4, 0.5) is 0 Å². The summed E-state index contributed by atoms with van der Waals surface area (Å²) in [5.41, 5.74) is 7.03. The molecule has 1 heterocycles. The van der Waals surface area contributed by atoms with Gasteiger partial charge in [0.2, 0.25) is 5.90 Å². The van der Waals surface area contributed by atoms with E-state index < -0.39 is 11.6 Å². The summed E-state index contributed by atoms with van der Waals surface area (Å²) >= 11 is 3.49. The number of aliphatic hydroxyl groups is 1. The van der Waals surface area contributed by atoms with Crippen LogP contribution in [0.1, 0.15) is 43.1 Å². The number of carbonyl (C=O) groups excluding carboxylic acids is 1. The molecule has 4 rings (SSSR count). The third-order valence-electron chi connectivity index (χ3n) is 6.29. The summed E-state index contributed by atoms with van der Waals surface area (Å²) in [5.74, 6) is 1.40. The first kappa shape index (κ1) is 28.6. The number of hydrogen-bond acceptors (Lipinski definition) is 7. The number of nitrogens with zero attached hydrogens (tertiary/aromatic N) is 1. The Hall–Kier alpha value is -3.40. The van der Waals surface area contributed by atoms with Gasteiger partial charge in [-0.25, -0.2) is 10.4 Å². The molecule has 8 nitrogen and oxygen atoms in total. The van der Waals surface area contributed by atoms with Crippen molar-refractivity contribution in [3.8, 4) is 11.5 Å². The van der Waals surface area contributed by atoms with Gasteiger partial charge in [0.25, 0.3) is 5.91 Å². The van der Waals surface area contributed by atoms with E-state index in [1.807, 2.05) is 86.6 Å². The van der Waals surface area contributed by atoms with Crippen molar-refractivity contribution < 1.29 is 24.1 Å². The predicted octanol–water partition coefficient (Wildman–Crippen LogP) is 4.75. The summed E-state index contributed by atoms with van der Waals surface area (Å²) in [6, 6.07) is 22.8. The summed E-state index contributed by atoms with van der Waals surface area (Å²) in [4.78, 5) is 19.0. The summed E-state index contributed by atoms with van der Waals surface area (Å²) in [6.07, 6.45) is 0.137. The van der Waals surface area contributed by atoms with Crippen LogP contribution in [0, 0.1) is 0 Å². The molecular weight excluding hydrogens is 562 g/mol. The lowest BCUT2D eigenvalue weighted by Crippen LogP contribution is -2.55. The second-order valence-electron chi connectivity index (χ2n) is 9.62. The smallest absolute Gasteiger partial charge is 0.266 e. The zero-order chi connectivity index (χ0) is 27.8. The SMILES string of the molecule is COc1cccc([C@@H]2OC(c3ccc(OCCCO)cc3)=N[C@]2(Cc2ccc(Br)cc2)C(=O)NNC(C)C)c1. The minimum Gasteiger partial charge on any atom is -0.497 e. The molecule has 3 aromatic rings. The second-order valence-corrected chi connectivity index (χ2v) is 10.5. The molecule has 0 radical (unpaired) electrons. The van der Waals surface area contributed by atoms with Gasteiger partial charge in [0, 0.05) is 35.5 Å². The van der Waals surface area contributed by atoms with Crippen molar-refractivity contribution in [1.82, 2.24) is 10.9 Å². The summed E-state index contributed by atoms with van der Waals surface area (Å²) in [5, 5.41) is 9.01. The Morgan fingerprint density at radius 2 is 1.85 bits per heavy atom. The summed E-state index contributed by atoms with van der Waals surface area (Å²) in [6.45, 7) is 4.39. The molecule has 2 atom stereocenters. The molecule has 0 aliphatic carbocycles. The van der Waals surface area contributed by atoms with E-state index in [1.165, 1.54) is 0 Å². The number of hydrogen-bond donors (Lipinski definition) is 3. The Balaban J connectivity index is 1.78. The predicted molar refractivity (Wildman–Crippen MR) is 154 cm³/mol. The van der Waals surface area contributed by atoms with E-state index in [2.05, 4.69) is 26.8 Å². The average molecular weight is 597 g/mol. The molecule has 0 fully saturated rings. The van der Waals surface area contributed by atoms with Crippen LogP contribution in [0.3, 0.4) is 0 Å². The number of aliphatic imine (C=N–C) groups is 1. The van der Waals surface area contributed by atoms with Crippen molar-refractivity contribution in [1.29, 1.82) is 0 Å². The minimum atomic E-state index is -1.31. The number of halogens is 1. The fraction of sp³-hybridized carbons (Fsp3) is 0.333. The lowest BCUT2D eigenvalue weighted by atomic mass is 9.82. The lowest BCUT2D eigenvalue weighted by Gasteiger charge is -2.31. The highest BCUT2D eigenvalue weighted by Gasteiger charge is 2.53. The van der Waals surface area contributed by atoms with Gasteiger partial charge in [-0.05, 0) is 73.5 Å². The number of ether oxygens (including phenoxy) is 3. The van der Waals surface area contributed by atoms with Crippen LogP contribution in [0.25, 0.3) is 0 Å². The maximum atomic E-state index is 14.0. The standard InChI is InChI=1S/C30H34BrN3O5/c1-20(2)33-34-29(36)30(19-21-8-12-24(31)13-9-21)27(23-6-4-7-26(18-23)37-3)39-28(32-30)22-10-14-25(15-11-22)38-17-5-16-35/h4,6-15,18,20,27,33,35H,5,16-17,19H2,1-3H3,(H,34,36)/t27-,30-/m0/s1. The number of carbonyl (C=O) groups is 1. The Morgan fingerprint density at radius 3 is 2.51 bits per heavy atom. The van der Waals surface area contributed by atoms with Gasteiger partial charge >= 0.3 is 0 Å². The van der Waals surface area contributed by atoms with Gasteiger partial charge < -0.3 is 19.3 Å². The third-order valence-corrected chi connectivity index (χ3v) is 6.82. The lowest BCUT2D eigenvalue weighted by molar-refractivity contribution is -0.130. The van der Waals surface area contributed by atoms with Crippen molar-refractivity contribution in [2.75, 3.05) is 20.3 Å². The van der Waals surface area contributed by atoms with E-state index in [0.717, 1.165) is 21.2 Å². The van der Waals surface area contributed by atoms with Gasteiger partial charge in [-0.1, -0.05) is 40.2 Å². The number of methoxy groups -OCH3 is 1. The Labute approximate surface area is 237 Å². The molecule has 0 saturated heterocycles. The van der Waals surface area contributed by atoms with Crippen molar-refractivity contribution in [2.24, 2.45) is 4.99 Å². The van der Waals surface area contributed by atoms with Crippen LogP contribution in [-0.4, -0.2) is 48.8 Å².